The molecule has 0 radical (unpaired) electrons. The van der Waals surface area contributed by atoms with Gasteiger partial charge in [-0.3, -0.25) is 0 Å². The van der Waals surface area contributed by atoms with Crippen molar-refractivity contribution in [2.75, 3.05) is 7.11 Å². The van der Waals surface area contributed by atoms with Crippen molar-refractivity contribution >= 4 is 37.2 Å². The fourth-order valence-corrected chi connectivity index (χ4v) is 1.62. The van der Waals surface area contributed by atoms with E-state index in [9.17, 15) is 9.59 Å². The molecule has 4 nitrogen and oxygen atoms in total. The Morgan fingerprint density at radius 2 is 1.24 bits per heavy atom. The largest absolute Gasteiger partial charge is 0.478 e. The summed E-state index contributed by atoms with van der Waals surface area (Å²) in [4.78, 5) is 22.8. The quantitative estimate of drug-likeness (QED) is 0.585. The highest BCUT2D eigenvalue weighted by Gasteiger charge is 2.02. The number of carboxylic acid groups (broad SMARTS) is 1. The first-order chi connectivity index (χ1) is 9.93. The van der Waals surface area contributed by atoms with Crippen molar-refractivity contribution < 1.29 is 19.4 Å². The molecule has 0 aliphatic carbocycles. The highest BCUT2D eigenvalue weighted by Crippen LogP contribution is 2.08. The van der Waals surface area contributed by atoms with Gasteiger partial charge in [-0.2, -0.15) is 0 Å². The summed E-state index contributed by atoms with van der Waals surface area (Å²) in [5.74, 6) is -1.23. The van der Waals surface area contributed by atoms with Gasteiger partial charge in [-0.05, 0) is 48.5 Å². The molecule has 0 unspecified atom stereocenters. The maximum absolute atomic E-state index is 10.9. The number of benzene rings is 2. The van der Waals surface area contributed by atoms with Gasteiger partial charge in [-0.25, -0.2) is 9.59 Å². The molecular weight excluding hydrogens is 308 g/mol. The molecule has 2 rings (SSSR count). The van der Waals surface area contributed by atoms with Crippen LogP contribution in [-0.2, 0) is 4.74 Å². The van der Waals surface area contributed by atoms with Crippen molar-refractivity contribution in [1.29, 1.82) is 0 Å². The summed E-state index contributed by atoms with van der Waals surface area (Å²) in [5.41, 5.74) is 0.836. The van der Waals surface area contributed by atoms with Gasteiger partial charge in [0.2, 0.25) is 0 Å². The molecule has 2 aromatic carbocycles. The lowest BCUT2D eigenvalue weighted by atomic mass is 10.2. The monoisotopic (exact) mass is 322 g/mol. The fraction of sp³-hybridized carbons (Fsp3) is 0.0667. The van der Waals surface area contributed by atoms with Crippen LogP contribution >= 0.6 is 25.3 Å². The molecule has 0 bridgehead atoms. The molecule has 0 atom stereocenters. The number of carbonyl (C=O) groups excluding carboxylic acids is 1. The Kier molecular flexibility index (Phi) is 6.84. The smallest absolute Gasteiger partial charge is 0.337 e. The number of hydrogen-bond donors (Lipinski definition) is 3. The molecule has 0 heterocycles. The summed E-state index contributed by atoms with van der Waals surface area (Å²) in [6.45, 7) is 0. The van der Waals surface area contributed by atoms with E-state index < -0.39 is 5.97 Å². The van der Waals surface area contributed by atoms with Gasteiger partial charge in [0.25, 0.3) is 0 Å². The van der Waals surface area contributed by atoms with Crippen LogP contribution in [0.15, 0.2) is 58.3 Å². The van der Waals surface area contributed by atoms with Crippen LogP contribution in [-0.4, -0.2) is 24.2 Å². The number of aromatic carboxylic acids is 1. The second-order valence-electron chi connectivity index (χ2n) is 3.89. The fourth-order valence-electron chi connectivity index (χ4n) is 1.32. The zero-order chi connectivity index (χ0) is 15.8. The maximum atomic E-state index is 10.9. The molecular formula is C15H14O4S2. The number of thiol groups is 2. The Morgan fingerprint density at radius 3 is 1.57 bits per heavy atom. The van der Waals surface area contributed by atoms with Gasteiger partial charge in [0, 0.05) is 9.79 Å². The highest BCUT2D eigenvalue weighted by atomic mass is 32.1. The minimum Gasteiger partial charge on any atom is -0.478 e. The second kappa shape index (κ2) is 8.39. The first-order valence-corrected chi connectivity index (χ1v) is 6.73. The number of esters is 1. The van der Waals surface area contributed by atoms with E-state index in [-0.39, 0.29) is 11.5 Å². The van der Waals surface area contributed by atoms with E-state index in [1.165, 1.54) is 19.2 Å². The average Bonchev–Trinajstić information content (AvgIpc) is 2.48. The summed E-state index contributed by atoms with van der Waals surface area (Å²) in [6, 6.07) is 13.2. The summed E-state index contributed by atoms with van der Waals surface area (Å²) < 4.78 is 4.51. The minimum absolute atomic E-state index is 0.290. The Balaban J connectivity index is 0.000000211. The van der Waals surface area contributed by atoms with E-state index in [2.05, 4.69) is 30.0 Å². The van der Waals surface area contributed by atoms with Crippen molar-refractivity contribution in [3.8, 4) is 0 Å². The molecule has 110 valence electrons. The minimum atomic E-state index is -0.909. The average molecular weight is 322 g/mol. The van der Waals surface area contributed by atoms with Gasteiger partial charge in [-0.15, -0.1) is 25.3 Å². The van der Waals surface area contributed by atoms with Crippen LogP contribution in [0.25, 0.3) is 0 Å². The number of carbonyl (C=O) groups is 2. The van der Waals surface area contributed by atoms with Crippen LogP contribution in [0.1, 0.15) is 20.7 Å². The molecule has 1 N–H and O–H groups in total. The van der Waals surface area contributed by atoms with Crippen molar-refractivity contribution in [3.63, 3.8) is 0 Å². The number of rotatable bonds is 2. The van der Waals surface area contributed by atoms with Crippen molar-refractivity contribution in [2.24, 2.45) is 0 Å². The van der Waals surface area contributed by atoms with Crippen molar-refractivity contribution in [3.05, 3.63) is 59.7 Å². The molecule has 0 saturated heterocycles. The Bertz CT molecular complexity index is 607. The summed E-state index contributed by atoms with van der Waals surface area (Å²) in [7, 11) is 1.36. The van der Waals surface area contributed by atoms with E-state index in [4.69, 9.17) is 5.11 Å². The predicted molar refractivity (Wildman–Crippen MR) is 85.7 cm³/mol. The van der Waals surface area contributed by atoms with Crippen LogP contribution < -0.4 is 0 Å². The summed E-state index contributed by atoms with van der Waals surface area (Å²) in [5, 5.41) is 8.45. The molecule has 0 aliphatic rings. The maximum Gasteiger partial charge on any atom is 0.337 e. The van der Waals surface area contributed by atoms with Gasteiger partial charge in [-0.1, -0.05) is 0 Å². The van der Waals surface area contributed by atoms with Gasteiger partial charge in [0.05, 0.1) is 18.2 Å². The van der Waals surface area contributed by atoms with Gasteiger partial charge >= 0.3 is 11.9 Å². The first kappa shape index (κ1) is 17.1. The SMILES string of the molecule is COC(=O)c1ccc(S)cc1.O=C(O)c1ccc(S)cc1. The van der Waals surface area contributed by atoms with Crippen molar-refractivity contribution in [2.45, 2.75) is 9.79 Å². The van der Waals surface area contributed by atoms with E-state index in [0.29, 0.717) is 5.56 Å². The first-order valence-electron chi connectivity index (χ1n) is 5.83. The lowest BCUT2D eigenvalue weighted by Gasteiger charge is -1.97. The lowest BCUT2D eigenvalue weighted by molar-refractivity contribution is 0.0599. The summed E-state index contributed by atoms with van der Waals surface area (Å²) in [6.07, 6.45) is 0. The Hall–Kier alpha value is -1.92. The van der Waals surface area contributed by atoms with Gasteiger partial charge in [0.1, 0.15) is 0 Å². The van der Waals surface area contributed by atoms with E-state index in [0.717, 1.165) is 9.79 Å². The Labute approximate surface area is 133 Å². The standard InChI is InChI=1S/C8H8O2S.C7H6O2S/c1-10-8(9)6-2-4-7(11)5-3-6;8-7(9)5-1-3-6(10)4-2-5/h2-5,11H,1H3;1-4,10H,(H,8,9). The second-order valence-corrected chi connectivity index (χ2v) is 4.92. The van der Waals surface area contributed by atoms with Gasteiger partial charge in [0.15, 0.2) is 0 Å². The molecule has 6 heteroatoms. The van der Waals surface area contributed by atoms with Crippen molar-refractivity contribution in [1.82, 2.24) is 0 Å². The third-order valence-corrected chi connectivity index (χ3v) is 3.00. The number of carboxylic acids is 1. The van der Waals surface area contributed by atoms with E-state index in [1.807, 2.05) is 0 Å². The molecule has 0 aromatic heterocycles. The van der Waals surface area contributed by atoms with Crippen LogP contribution in [0.3, 0.4) is 0 Å². The molecule has 0 spiro atoms. The molecule has 0 fully saturated rings. The Morgan fingerprint density at radius 1 is 0.857 bits per heavy atom. The third kappa shape index (κ3) is 5.93. The molecule has 2 aromatic rings. The van der Waals surface area contributed by atoms with Crippen LogP contribution in [0.4, 0.5) is 0 Å². The molecule has 0 saturated carbocycles. The zero-order valence-electron chi connectivity index (χ0n) is 11.2. The van der Waals surface area contributed by atoms with E-state index in [1.54, 1.807) is 36.4 Å². The number of methoxy groups -OCH3 is 1. The molecule has 21 heavy (non-hydrogen) atoms. The van der Waals surface area contributed by atoms with Crippen LogP contribution in [0.2, 0.25) is 0 Å². The molecule has 0 amide bonds. The highest BCUT2D eigenvalue weighted by molar-refractivity contribution is 7.80. The van der Waals surface area contributed by atoms with Gasteiger partial charge < -0.3 is 9.84 Å². The van der Waals surface area contributed by atoms with Crippen LogP contribution in [0.5, 0.6) is 0 Å². The number of ether oxygens (including phenoxy) is 1. The topological polar surface area (TPSA) is 63.6 Å². The lowest BCUT2D eigenvalue weighted by Crippen LogP contribution is -1.99. The molecule has 0 aliphatic heterocycles. The predicted octanol–water partition coefficient (Wildman–Crippen LogP) is 3.44. The normalized spacial score (nSPS) is 9.29. The third-order valence-electron chi connectivity index (χ3n) is 2.40. The zero-order valence-corrected chi connectivity index (χ0v) is 13.0. The van der Waals surface area contributed by atoms with Crippen LogP contribution in [0, 0.1) is 0 Å². The van der Waals surface area contributed by atoms with E-state index >= 15 is 0 Å². The number of hydrogen-bond acceptors (Lipinski definition) is 5. The summed E-state index contributed by atoms with van der Waals surface area (Å²) >= 11 is 8.08.